The minimum atomic E-state index is 0.0279. The molecule has 2 aromatic carbocycles. The Hall–Kier alpha value is -3.11. The number of fused-ring (bicyclic) bond motifs is 1. The molecule has 0 aliphatic heterocycles. The molecular formula is C21H18N2O2. The van der Waals surface area contributed by atoms with Crippen LogP contribution in [-0.2, 0) is 13.2 Å². The van der Waals surface area contributed by atoms with E-state index < -0.39 is 0 Å². The SMILES string of the molecule is OCc1cccc(-c2cnc3ccn(OCc4ccccc4)c3c2)c1. The standard InChI is InChI=1S/C21H18N2O2/c24-14-17-7-4-8-18(11-17)19-12-21-20(22-13-19)9-10-23(21)25-15-16-5-2-1-3-6-16/h1-13,24H,14-15H2. The second kappa shape index (κ2) is 6.79. The van der Waals surface area contributed by atoms with Gasteiger partial charge in [-0.05, 0) is 34.9 Å². The molecule has 0 aliphatic rings. The summed E-state index contributed by atoms with van der Waals surface area (Å²) in [7, 11) is 0. The fourth-order valence-electron chi connectivity index (χ4n) is 2.83. The molecule has 1 N–H and O–H groups in total. The van der Waals surface area contributed by atoms with E-state index in [-0.39, 0.29) is 6.61 Å². The summed E-state index contributed by atoms with van der Waals surface area (Å²) in [6.45, 7) is 0.523. The van der Waals surface area contributed by atoms with Crippen molar-refractivity contribution >= 4 is 11.0 Å². The molecule has 0 atom stereocenters. The molecule has 4 aromatic rings. The summed E-state index contributed by atoms with van der Waals surface area (Å²) in [6.07, 6.45) is 3.73. The number of pyridine rings is 1. The van der Waals surface area contributed by atoms with Gasteiger partial charge in [0.1, 0.15) is 12.1 Å². The lowest BCUT2D eigenvalue weighted by Crippen LogP contribution is -2.09. The lowest BCUT2D eigenvalue weighted by molar-refractivity contribution is 0.107. The first kappa shape index (κ1) is 15.4. The van der Waals surface area contributed by atoms with Crippen LogP contribution in [0.1, 0.15) is 11.1 Å². The van der Waals surface area contributed by atoms with Gasteiger partial charge in [-0.15, -0.1) is 0 Å². The zero-order valence-electron chi connectivity index (χ0n) is 13.7. The van der Waals surface area contributed by atoms with Crippen molar-refractivity contribution in [3.05, 3.63) is 90.3 Å². The third-order valence-corrected chi connectivity index (χ3v) is 4.16. The van der Waals surface area contributed by atoms with Crippen molar-refractivity contribution in [2.24, 2.45) is 0 Å². The van der Waals surface area contributed by atoms with E-state index in [1.165, 1.54) is 0 Å². The van der Waals surface area contributed by atoms with Crippen LogP contribution < -0.4 is 4.84 Å². The number of nitrogens with zero attached hydrogens (tertiary/aromatic N) is 2. The van der Waals surface area contributed by atoms with Crippen LogP contribution in [0.4, 0.5) is 0 Å². The summed E-state index contributed by atoms with van der Waals surface area (Å²) in [4.78, 5) is 10.4. The molecule has 25 heavy (non-hydrogen) atoms. The van der Waals surface area contributed by atoms with Crippen molar-refractivity contribution < 1.29 is 9.94 Å². The van der Waals surface area contributed by atoms with Crippen molar-refractivity contribution in [1.82, 2.24) is 9.71 Å². The molecule has 0 saturated carbocycles. The van der Waals surface area contributed by atoms with Gasteiger partial charge in [0.25, 0.3) is 0 Å². The van der Waals surface area contributed by atoms with Crippen LogP contribution in [0.5, 0.6) is 0 Å². The Kier molecular flexibility index (Phi) is 4.19. The minimum absolute atomic E-state index is 0.0279. The number of hydrogen-bond donors (Lipinski definition) is 1. The molecule has 0 spiro atoms. The predicted molar refractivity (Wildman–Crippen MR) is 97.8 cm³/mol. The summed E-state index contributed by atoms with van der Waals surface area (Å²) in [5.74, 6) is 0. The third-order valence-electron chi connectivity index (χ3n) is 4.16. The van der Waals surface area contributed by atoms with Gasteiger partial charge in [-0.25, -0.2) is 0 Å². The Morgan fingerprint density at radius 2 is 1.72 bits per heavy atom. The smallest absolute Gasteiger partial charge is 0.140 e. The summed E-state index contributed by atoms with van der Waals surface area (Å²) in [5.41, 5.74) is 5.82. The van der Waals surface area contributed by atoms with E-state index in [1.807, 2.05) is 73.1 Å². The largest absolute Gasteiger partial charge is 0.409 e. The lowest BCUT2D eigenvalue weighted by atomic mass is 10.0. The summed E-state index contributed by atoms with van der Waals surface area (Å²) < 4.78 is 1.76. The molecule has 0 aliphatic carbocycles. The maximum absolute atomic E-state index is 9.33. The Morgan fingerprint density at radius 3 is 2.56 bits per heavy atom. The van der Waals surface area contributed by atoms with Gasteiger partial charge in [0.05, 0.1) is 12.1 Å². The van der Waals surface area contributed by atoms with Crippen molar-refractivity contribution in [3.63, 3.8) is 0 Å². The van der Waals surface area contributed by atoms with Crippen molar-refractivity contribution in [2.45, 2.75) is 13.2 Å². The predicted octanol–water partition coefficient (Wildman–Crippen LogP) is 3.82. The van der Waals surface area contributed by atoms with Crippen molar-refractivity contribution in [2.75, 3.05) is 0 Å². The highest BCUT2D eigenvalue weighted by molar-refractivity contribution is 5.81. The summed E-state index contributed by atoms with van der Waals surface area (Å²) in [5, 5.41) is 9.33. The highest BCUT2D eigenvalue weighted by atomic mass is 16.7. The van der Waals surface area contributed by atoms with Gasteiger partial charge in [-0.2, -0.15) is 4.73 Å². The van der Waals surface area contributed by atoms with Gasteiger partial charge >= 0.3 is 0 Å². The van der Waals surface area contributed by atoms with Gasteiger partial charge in [0.2, 0.25) is 0 Å². The van der Waals surface area contributed by atoms with Gasteiger partial charge in [0.15, 0.2) is 0 Å². The molecule has 2 aromatic heterocycles. The van der Waals surface area contributed by atoms with E-state index in [2.05, 4.69) is 11.1 Å². The summed E-state index contributed by atoms with van der Waals surface area (Å²) >= 11 is 0. The van der Waals surface area contributed by atoms with E-state index in [1.54, 1.807) is 4.73 Å². The van der Waals surface area contributed by atoms with Crippen LogP contribution in [-0.4, -0.2) is 14.8 Å². The Labute approximate surface area is 145 Å². The second-order valence-corrected chi connectivity index (χ2v) is 5.89. The number of aliphatic hydroxyl groups excluding tert-OH is 1. The van der Waals surface area contributed by atoms with E-state index >= 15 is 0 Å². The topological polar surface area (TPSA) is 47.3 Å². The van der Waals surface area contributed by atoms with Crippen LogP contribution in [0.3, 0.4) is 0 Å². The second-order valence-electron chi connectivity index (χ2n) is 5.89. The Bertz CT molecular complexity index is 993. The molecule has 0 radical (unpaired) electrons. The van der Waals surface area contributed by atoms with Gasteiger partial charge in [-0.1, -0.05) is 48.5 Å². The molecule has 4 rings (SSSR count). The maximum atomic E-state index is 9.33. The van der Waals surface area contributed by atoms with Crippen LogP contribution in [0.2, 0.25) is 0 Å². The molecule has 2 heterocycles. The number of rotatable bonds is 5. The van der Waals surface area contributed by atoms with E-state index in [0.717, 1.165) is 33.3 Å². The fraction of sp³-hybridized carbons (Fsp3) is 0.0952. The van der Waals surface area contributed by atoms with E-state index in [4.69, 9.17) is 4.84 Å². The van der Waals surface area contributed by atoms with Crippen LogP contribution in [0.25, 0.3) is 22.2 Å². The molecule has 0 saturated heterocycles. The molecule has 4 nitrogen and oxygen atoms in total. The Balaban J connectivity index is 1.65. The fourth-order valence-corrected chi connectivity index (χ4v) is 2.83. The summed E-state index contributed by atoms with van der Waals surface area (Å²) in [6, 6.07) is 21.9. The quantitative estimate of drug-likeness (QED) is 0.605. The minimum Gasteiger partial charge on any atom is -0.409 e. The van der Waals surface area contributed by atoms with Gasteiger partial charge in [-0.3, -0.25) is 4.98 Å². The molecular weight excluding hydrogens is 312 g/mol. The molecule has 124 valence electrons. The zero-order valence-corrected chi connectivity index (χ0v) is 13.7. The third kappa shape index (κ3) is 3.25. The molecule has 0 fully saturated rings. The maximum Gasteiger partial charge on any atom is 0.140 e. The number of aromatic nitrogens is 2. The highest BCUT2D eigenvalue weighted by Crippen LogP contribution is 2.24. The number of benzene rings is 2. The average Bonchev–Trinajstić information content (AvgIpc) is 3.09. The number of hydrogen-bond acceptors (Lipinski definition) is 3. The first-order chi connectivity index (χ1) is 12.3. The highest BCUT2D eigenvalue weighted by Gasteiger charge is 2.07. The van der Waals surface area contributed by atoms with Crippen LogP contribution >= 0.6 is 0 Å². The van der Waals surface area contributed by atoms with E-state index in [0.29, 0.717) is 6.61 Å². The molecule has 4 heteroatoms. The van der Waals surface area contributed by atoms with Gasteiger partial charge in [0, 0.05) is 18.0 Å². The monoisotopic (exact) mass is 330 g/mol. The normalized spacial score (nSPS) is 10.9. The molecule has 0 unspecified atom stereocenters. The first-order valence-electron chi connectivity index (χ1n) is 8.18. The van der Waals surface area contributed by atoms with Crippen molar-refractivity contribution in [3.8, 4) is 11.1 Å². The van der Waals surface area contributed by atoms with Crippen LogP contribution in [0.15, 0.2) is 79.1 Å². The molecule has 0 amide bonds. The Morgan fingerprint density at radius 1 is 0.880 bits per heavy atom. The van der Waals surface area contributed by atoms with Gasteiger partial charge < -0.3 is 9.94 Å². The average molecular weight is 330 g/mol. The first-order valence-corrected chi connectivity index (χ1v) is 8.18. The zero-order chi connectivity index (χ0) is 17.1. The molecule has 0 bridgehead atoms. The lowest BCUT2D eigenvalue weighted by Gasteiger charge is -2.09. The van der Waals surface area contributed by atoms with Crippen LogP contribution in [0, 0.1) is 0 Å². The van der Waals surface area contributed by atoms with E-state index in [9.17, 15) is 5.11 Å². The van der Waals surface area contributed by atoms with Crippen molar-refractivity contribution in [1.29, 1.82) is 0 Å². The number of aliphatic hydroxyl groups is 1.